The van der Waals surface area contributed by atoms with E-state index in [0.717, 1.165) is 10.6 Å². The number of anilines is 2. The van der Waals surface area contributed by atoms with E-state index in [1.54, 1.807) is 55.5 Å². The molecule has 8 heteroatoms. The molecule has 1 unspecified atom stereocenters. The van der Waals surface area contributed by atoms with Crippen LogP contribution >= 0.6 is 0 Å². The van der Waals surface area contributed by atoms with Crippen LogP contribution in [0.5, 0.6) is 0 Å². The predicted molar refractivity (Wildman–Crippen MR) is 104 cm³/mol. The number of nitrogens with zero attached hydrogens (tertiary/aromatic N) is 1. The summed E-state index contributed by atoms with van der Waals surface area (Å²) >= 11 is 0. The summed E-state index contributed by atoms with van der Waals surface area (Å²) < 4.78 is 30.3. The van der Waals surface area contributed by atoms with Crippen LogP contribution in [-0.2, 0) is 24.3 Å². The van der Waals surface area contributed by atoms with Crippen molar-refractivity contribution in [3.05, 3.63) is 60.2 Å². The average Bonchev–Trinajstić information content (AvgIpc) is 2.60. The number of rotatable bonds is 7. The Morgan fingerprint density at radius 1 is 1.07 bits per heavy atom. The summed E-state index contributed by atoms with van der Waals surface area (Å²) in [6.07, 6.45) is -0.0610. The molecule has 0 radical (unpaired) electrons. The van der Waals surface area contributed by atoms with Crippen LogP contribution < -0.4 is 9.62 Å². The second-order valence-electron chi connectivity index (χ2n) is 6.04. The van der Waals surface area contributed by atoms with Crippen LogP contribution in [0.3, 0.4) is 0 Å². The fraction of sp³-hybridized carbons (Fsp3) is 0.263. The molecular weight excluding hydrogens is 368 g/mol. The van der Waals surface area contributed by atoms with Crippen molar-refractivity contribution in [1.82, 2.24) is 0 Å². The molecule has 0 saturated heterocycles. The molecule has 0 aliphatic carbocycles. The number of para-hydroxylation sites is 2. The summed E-state index contributed by atoms with van der Waals surface area (Å²) in [7, 11) is -3.71. The Balaban J connectivity index is 2.05. The zero-order chi connectivity index (χ0) is 20.0. The number of sulfonamides is 1. The van der Waals surface area contributed by atoms with Gasteiger partial charge in [0.25, 0.3) is 5.91 Å². The number of nitrogens with one attached hydrogen (secondary N) is 1. The highest BCUT2D eigenvalue weighted by Gasteiger charge is 2.25. The molecule has 1 amide bonds. The first kappa shape index (κ1) is 20.4. The van der Waals surface area contributed by atoms with Gasteiger partial charge in [-0.05, 0) is 37.6 Å². The molecule has 0 spiro atoms. The fourth-order valence-electron chi connectivity index (χ4n) is 2.39. The van der Waals surface area contributed by atoms with Gasteiger partial charge in [-0.2, -0.15) is 0 Å². The molecule has 0 aromatic heterocycles. The molecule has 1 N–H and O–H groups in total. The lowest BCUT2D eigenvalue weighted by molar-refractivity contribution is -0.151. The summed E-state index contributed by atoms with van der Waals surface area (Å²) in [5, 5.41) is 2.62. The molecule has 2 aromatic carbocycles. The van der Waals surface area contributed by atoms with Crippen molar-refractivity contribution in [3.8, 4) is 0 Å². The highest BCUT2D eigenvalue weighted by Crippen LogP contribution is 2.22. The van der Waals surface area contributed by atoms with Crippen molar-refractivity contribution in [2.24, 2.45) is 0 Å². The zero-order valence-corrected chi connectivity index (χ0v) is 16.2. The van der Waals surface area contributed by atoms with E-state index in [4.69, 9.17) is 4.74 Å². The van der Waals surface area contributed by atoms with Gasteiger partial charge in [-0.3, -0.25) is 13.9 Å². The Morgan fingerprint density at radius 3 is 2.26 bits per heavy atom. The van der Waals surface area contributed by atoms with Gasteiger partial charge in [0.15, 0.2) is 6.10 Å². The molecule has 0 bridgehead atoms. The first-order valence-electron chi connectivity index (χ1n) is 8.27. The molecule has 2 rings (SSSR count). The van der Waals surface area contributed by atoms with Crippen LogP contribution in [0.25, 0.3) is 0 Å². The van der Waals surface area contributed by atoms with E-state index in [1.165, 1.54) is 6.92 Å². The summed E-state index contributed by atoms with van der Waals surface area (Å²) in [6.45, 7) is 2.65. The van der Waals surface area contributed by atoms with E-state index < -0.39 is 34.5 Å². The Morgan fingerprint density at radius 2 is 1.67 bits per heavy atom. The molecule has 1 atom stereocenters. The normalized spacial score (nSPS) is 12.1. The third-order valence-electron chi connectivity index (χ3n) is 3.78. The van der Waals surface area contributed by atoms with Gasteiger partial charge in [0.05, 0.1) is 11.9 Å². The Kier molecular flexibility index (Phi) is 6.57. The van der Waals surface area contributed by atoms with Crippen LogP contribution in [0.2, 0.25) is 0 Å². The third-order valence-corrected chi connectivity index (χ3v) is 4.90. The van der Waals surface area contributed by atoms with Crippen LogP contribution in [0.1, 0.15) is 12.5 Å². The molecule has 0 aliphatic heterocycles. The molecule has 2 aromatic rings. The van der Waals surface area contributed by atoms with Crippen molar-refractivity contribution in [3.63, 3.8) is 0 Å². The van der Waals surface area contributed by atoms with Crippen LogP contribution in [0.4, 0.5) is 11.4 Å². The molecule has 144 valence electrons. The molecule has 0 fully saturated rings. The van der Waals surface area contributed by atoms with Gasteiger partial charge in [-0.25, -0.2) is 8.42 Å². The van der Waals surface area contributed by atoms with Crippen molar-refractivity contribution < 1.29 is 22.7 Å². The summed E-state index contributed by atoms with van der Waals surface area (Å²) in [5.41, 5.74) is 1.66. The van der Waals surface area contributed by atoms with Gasteiger partial charge in [-0.15, -0.1) is 0 Å². The van der Waals surface area contributed by atoms with Gasteiger partial charge in [0.1, 0.15) is 6.54 Å². The van der Waals surface area contributed by atoms with E-state index in [0.29, 0.717) is 16.9 Å². The van der Waals surface area contributed by atoms with E-state index in [2.05, 4.69) is 5.32 Å². The SMILES string of the molecule is Cc1ccccc1N(CC(=O)OC(C)C(=O)Nc1ccccc1)S(C)(=O)=O. The Bertz CT molecular complexity index is 913. The monoisotopic (exact) mass is 390 g/mol. The number of esters is 1. The smallest absolute Gasteiger partial charge is 0.327 e. The second-order valence-corrected chi connectivity index (χ2v) is 7.95. The van der Waals surface area contributed by atoms with Crippen molar-refractivity contribution in [2.75, 3.05) is 22.4 Å². The van der Waals surface area contributed by atoms with Gasteiger partial charge in [-0.1, -0.05) is 36.4 Å². The lowest BCUT2D eigenvalue weighted by Gasteiger charge is -2.24. The lowest BCUT2D eigenvalue weighted by Crippen LogP contribution is -2.39. The average molecular weight is 390 g/mol. The molecule has 0 saturated carbocycles. The Labute approximate surface area is 159 Å². The third kappa shape index (κ3) is 5.82. The maximum Gasteiger partial charge on any atom is 0.327 e. The summed E-state index contributed by atoms with van der Waals surface area (Å²) in [5.74, 6) is -1.32. The number of hydrogen-bond acceptors (Lipinski definition) is 5. The van der Waals surface area contributed by atoms with Gasteiger partial charge in [0, 0.05) is 5.69 Å². The number of carbonyl (C=O) groups excluding carboxylic acids is 2. The maximum absolute atomic E-state index is 12.2. The minimum Gasteiger partial charge on any atom is -0.451 e. The number of aryl methyl sites for hydroxylation is 1. The topological polar surface area (TPSA) is 92.8 Å². The molecule has 27 heavy (non-hydrogen) atoms. The summed E-state index contributed by atoms with van der Waals surface area (Å²) in [4.78, 5) is 24.4. The first-order chi connectivity index (χ1) is 12.7. The standard InChI is InChI=1S/C19H22N2O5S/c1-14-9-7-8-12-17(14)21(27(3,24)25)13-18(22)26-15(2)19(23)20-16-10-5-4-6-11-16/h4-12,15H,13H2,1-3H3,(H,20,23). The Hall–Kier alpha value is -2.87. The number of ether oxygens (including phenoxy) is 1. The van der Waals surface area contributed by atoms with E-state index >= 15 is 0 Å². The van der Waals surface area contributed by atoms with E-state index in [-0.39, 0.29) is 0 Å². The maximum atomic E-state index is 12.2. The predicted octanol–water partition coefficient (Wildman–Crippen LogP) is 2.33. The van der Waals surface area contributed by atoms with Gasteiger partial charge in [0.2, 0.25) is 10.0 Å². The highest BCUT2D eigenvalue weighted by molar-refractivity contribution is 7.92. The van der Waals surface area contributed by atoms with Crippen molar-refractivity contribution in [2.45, 2.75) is 20.0 Å². The van der Waals surface area contributed by atoms with Crippen molar-refractivity contribution in [1.29, 1.82) is 0 Å². The lowest BCUT2D eigenvalue weighted by atomic mass is 10.2. The number of benzene rings is 2. The second kappa shape index (κ2) is 8.68. The van der Waals surface area contributed by atoms with Crippen LogP contribution in [0, 0.1) is 6.92 Å². The minimum absolute atomic E-state index is 0.387. The molecule has 0 aliphatic rings. The van der Waals surface area contributed by atoms with Crippen LogP contribution in [0.15, 0.2) is 54.6 Å². The molecule has 7 nitrogen and oxygen atoms in total. The van der Waals surface area contributed by atoms with Gasteiger partial charge >= 0.3 is 5.97 Å². The largest absolute Gasteiger partial charge is 0.451 e. The number of amides is 1. The van der Waals surface area contributed by atoms with Gasteiger partial charge < -0.3 is 10.1 Å². The molecule has 0 heterocycles. The van der Waals surface area contributed by atoms with Crippen LogP contribution in [-0.4, -0.2) is 39.2 Å². The number of hydrogen-bond donors (Lipinski definition) is 1. The summed E-state index contributed by atoms with van der Waals surface area (Å²) in [6, 6.07) is 15.5. The van der Waals surface area contributed by atoms with Crippen molar-refractivity contribution >= 4 is 33.3 Å². The van der Waals surface area contributed by atoms with E-state index in [1.807, 2.05) is 6.07 Å². The minimum atomic E-state index is -3.71. The van der Waals surface area contributed by atoms with E-state index in [9.17, 15) is 18.0 Å². The first-order valence-corrected chi connectivity index (χ1v) is 10.1. The number of carbonyl (C=O) groups is 2. The molecular formula is C19H22N2O5S. The quantitative estimate of drug-likeness (QED) is 0.733. The highest BCUT2D eigenvalue weighted by atomic mass is 32.2. The zero-order valence-electron chi connectivity index (χ0n) is 15.4. The fourth-order valence-corrected chi connectivity index (χ4v) is 3.30.